The lowest BCUT2D eigenvalue weighted by Gasteiger charge is -2.33. The number of nitrogens with zero attached hydrogens (tertiary/aromatic N) is 3. The Hall–Kier alpha value is -3.00. The van der Waals surface area contributed by atoms with Gasteiger partial charge in [-0.2, -0.15) is 15.1 Å². The van der Waals surface area contributed by atoms with Crippen LogP contribution in [0.4, 0.5) is 23.3 Å². The smallest absolute Gasteiger partial charge is 0.459 e. The Morgan fingerprint density at radius 1 is 1.22 bits per heavy atom. The predicted molar refractivity (Wildman–Crippen MR) is 187 cm³/mol. The molecule has 0 spiro atoms. The summed E-state index contributed by atoms with van der Waals surface area (Å²) in [7, 11) is -8.05. The van der Waals surface area contributed by atoms with Crippen LogP contribution in [0.1, 0.15) is 52.4 Å². The van der Waals surface area contributed by atoms with Gasteiger partial charge in [-0.15, -0.1) is 4.83 Å². The lowest BCUT2D eigenvalue weighted by atomic mass is 9.81. The summed E-state index contributed by atoms with van der Waals surface area (Å²) in [5, 5.41) is 29.0. The third-order valence-electron chi connectivity index (χ3n) is 9.66. The van der Waals surface area contributed by atoms with Crippen LogP contribution in [0.25, 0.3) is 0 Å². The summed E-state index contributed by atoms with van der Waals surface area (Å²) < 4.78 is 61.3. The summed E-state index contributed by atoms with van der Waals surface area (Å²) in [4.78, 5) is 25.2. The Balaban J connectivity index is 1.17. The van der Waals surface area contributed by atoms with Gasteiger partial charge in [0.25, 0.3) is 0 Å². The van der Waals surface area contributed by atoms with Crippen LogP contribution >= 0.6 is 19.3 Å². The molecule has 18 nitrogen and oxygen atoms in total. The van der Waals surface area contributed by atoms with Crippen molar-refractivity contribution in [2.45, 2.75) is 81.9 Å². The molecule has 2 saturated carbocycles. The molecule has 4 aliphatic rings. The number of nitrogen functional groups attached to an aromatic ring is 1. The van der Waals surface area contributed by atoms with Crippen molar-refractivity contribution in [1.82, 2.24) is 19.9 Å². The lowest BCUT2D eigenvalue weighted by Crippen LogP contribution is -2.53. The van der Waals surface area contributed by atoms with Crippen molar-refractivity contribution in [3.05, 3.63) is 29.3 Å². The molecule has 0 bridgehead atoms. The minimum absolute atomic E-state index is 0.00781. The largest absolute Gasteiger partial charge is 0.464 e. The highest BCUT2D eigenvalue weighted by atomic mass is 35.5. The van der Waals surface area contributed by atoms with Gasteiger partial charge in [-0.05, 0) is 62.3 Å². The molecular formula is C30H44ClN8O10PS. The molecule has 1 saturated heterocycles. The first-order chi connectivity index (χ1) is 24.0. The van der Waals surface area contributed by atoms with Crippen molar-refractivity contribution < 1.29 is 46.5 Å². The molecule has 1 aromatic heterocycles. The number of fused-ring (bicyclic) bond motifs is 1. The molecule has 2 aliphatic carbocycles. The number of sulfonamides is 1. The maximum absolute atomic E-state index is 14.4. The van der Waals surface area contributed by atoms with E-state index in [9.17, 15) is 28.0 Å². The number of esters is 1. The fourth-order valence-corrected chi connectivity index (χ4v) is 8.67. The number of benzene rings is 1. The van der Waals surface area contributed by atoms with Crippen molar-refractivity contribution in [1.29, 1.82) is 0 Å². The van der Waals surface area contributed by atoms with E-state index in [4.69, 9.17) is 35.9 Å². The Kier molecular flexibility index (Phi) is 10.7. The lowest BCUT2D eigenvalue weighted by molar-refractivity contribution is -0.149. The number of halogens is 1. The first-order valence-corrected chi connectivity index (χ1v) is 20.4. The monoisotopic (exact) mass is 774 g/mol. The van der Waals surface area contributed by atoms with Gasteiger partial charge in [0.15, 0.2) is 17.9 Å². The third kappa shape index (κ3) is 8.47. The average Bonchev–Trinajstić information content (AvgIpc) is 3.66. The van der Waals surface area contributed by atoms with Crippen molar-refractivity contribution in [3.63, 3.8) is 0 Å². The number of carbonyl (C=O) groups excluding carboxylic acids is 1. The molecule has 2 aromatic rings. The van der Waals surface area contributed by atoms with Crippen molar-refractivity contribution in [2.75, 3.05) is 47.5 Å². The summed E-state index contributed by atoms with van der Waals surface area (Å²) in [6.45, 7) is 3.22. The normalized spacial score (nSPS) is 29.5. The van der Waals surface area contributed by atoms with Crippen LogP contribution in [0.3, 0.4) is 0 Å². The molecule has 7 atom stereocenters. The predicted octanol–water partition coefficient (Wildman–Crippen LogP) is 2.31. The van der Waals surface area contributed by atoms with Crippen LogP contribution in [0.2, 0.25) is 5.02 Å². The number of rotatable bonds is 14. The van der Waals surface area contributed by atoms with Gasteiger partial charge >= 0.3 is 13.7 Å². The van der Waals surface area contributed by atoms with Crippen LogP contribution in [-0.4, -0.2) is 90.3 Å². The van der Waals surface area contributed by atoms with Gasteiger partial charge in [0.05, 0.1) is 26.1 Å². The zero-order valence-corrected chi connectivity index (χ0v) is 30.8. The molecule has 6 rings (SSSR count). The van der Waals surface area contributed by atoms with Gasteiger partial charge in [-0.1, -0.05) is 37.8 Å². The van der Waals surface area contributed by atoms with E-state index in [0.717, 1.165) is 31.9 Å². The number of ether oxygens (including phenoxy) is 2. The van der Waals surface area contributed by atoms with Crippen LogP contribution in [0.5, 0.6) is 5.75 Å². The Morgan fingerprint density at radius 2 is 1.92 bits per heavy atom. The number of aliphatic hydroxyl groups excluding tert-OH is 1. The van der Waals surface area contributed by atoms with Crippen molar-refractivity contribution in [2.24, 2.45) is 11.8 Å². The molecule has 21 heteroatoms. The van der Waals surface area contributed by atoms with E-state index in [2.05, 4.69) is 37.6 Å². The number of hydrogen-bond acceptors (Lipinski definition) is 16. The molecule has 3 fully saturated rings. The SMILES string of the molecule is C[C@@H]1CCCCC1COC(=O)C1(NP(=O)(OCC2OC(N3CNc4c(NNS(C)(=O)=O)nc(N)nc43)[C@](C)(O)[C@@H]2O)Oc2ccc(Cl)cc2)CC1. The van der Waals surface area contributed by atoms with Gasteiger partial charge in [-0.25, -0.2) is 13.0 Å². The second kappa shape index (κ2) is 14.4. The average molecular weight is 775 g/mol. The number of hydrogen-bond donors (Lipinski definition) is 7. The third-order valence-corrected chi connectivity index (χ3v) is 12.0. The first-order valence-electron chi connectivity index (χ1n) is 16.6. The molecule has 51 heavy (non-hydrogen) atoms. The molecule has 2 aliphatic heterocycles. The maximum Gasteiger partial charge on any atom is 0.459 e. The van der Waals surface area contributed by atoms with E-state index in [1.54, 1.807) is 0 Å². The highest BCUT2D eigenvalue weighted by Crippen LogP contribution is 2.53. The van der Waals surface area contributed by atoms with E-state index in [1.807, 2.05) is 0 Å². The van der Waals surface area contributed by atoms with Crippen molar-refractivity contribution >= 4 is 58.6 Å². The molecule has 282 valence electrons. The second-order valence-corrected chi connectivity index (χ2v) is 17.6. The van der Waals surface area contributed by atoms with Gasteiger partial charge in [-0.3, -0.25) is 14.7 Å². The highest BCUT2D eigenvalue weighted by Gasteiger charge is 2.59. The summed E-state index contributed by atoms with van der Waals surface area (Å²) in [5.41, 5.74) is 5.38. The van der Waals surface area contributed by atoms with E-state index in [-0.39, 0.29) is 48.2 Å². The summed E-state index contributed by atoms with van der Waals surface area (Å²) in [6, 6.07) is 6.06. The fraction of sp³-hybridized carbons (Fsp3) is 0.633. The molecule has 8 N–H and O–H groups in total. The number of nitrogens with one attached hydrogen (secondary N) is 4. The molecule has 3 heterocycles. The number of anilines is 4. The maximum atomic E-state index is 14.4. The standard InChI is InChI=1S/C30H44ClN8O10PS/c1-17-6-4-5-7-18(17)14-46-27(41)30(12-13-30)37-50(43,49-20-10-8-19(31)9-11-20)47-15-21-23(40)29(2,42)26(48-21)39-16-33-22-24(36-38-51(3,44)45)34-28(32)35-25(22)39/h8-11,17-18,21,23,26,33,38,40,42H,4-7,12-16H2,1-3H3,(H,37,43)(H3,32,34,35,36)/t17-,18?,21?,23-,26?,29-,50?/m1/s1. The van der Waals surface area contributed by atoms with Crippen molar-refractivity contribution in [3.8, 4) is 5.75 Å². The summed E-state index contributed by atoms with van der Waals surface area (Å²) in [5.74, 6) is 0.212. The second-order valence-electron chi connectivity index (χ2n) is 13.8. The van der Waals surface area contributed by atoms with Gasteiger partial charge in [0, 0.05) is 5.02 Å². The van der Waals surface area contributed by atoms with Crippen LogP contribution < -0.4 is 35.8 Å². The van der Waals surface area contributed by atoms with Gasteiger partial charge < -0.3 is 40.2 Å². The molecule has 1 aromatic carbocycles. The minimum atomic E-state index is -4.38. The zero-order valence-electron chi connectivity index (χ0n) is 28.4. The Labute approximate surface area is 300 Å². The van der Waals surface area contributed by atoms with E-state index in [1.165, 1.54) is 36.1 Å². The van der Waals surface area contributed by atoms with E-state index < -0.39 is 59.9 Å². The van der Waals surface area contributed by atoms with Gasteiger partial charge in [0.1, 0.15) is 34.8 Å². The summed E-state index contributed by atoms with van der Waals surface area (Å²) >= 11 is 6.04. The molecular weight excluding hydrogens is 731 g/mol. The first kappa shape index (κ1) is 37.7. The quantitative estimate of drug-likeness (QED) is 0.0826. The Morgan fingerprint density at radius 3 is 2.59 bits per heavy atom. The van der Waals surface area contributed by atoms with Crippen LogP contribution in [0.15, 0.2) is 24.3 Å². The van der Waals surface area contributed by atoms with E-state index in [0.29, 0.717) is 23.8 Å². The fourth-order valence-electron chi connectivity index (χ4n) is 6.52. The molecule has 4 unspecified atom stereocenters. The zero-order chi connectivity index (χ0) is 36.8. The van der Waals surface area contributed by atoms with Gasteiger partial charge in [0.2, 0.25) is 16.0 Å². The van der Waals surface area contributed by atoms with E-state index >= 15 is 0 Å². The Bertz CT molecular complexity index is 1770. The number of nitrogens with two attached hydrogens (primary N) is 1. The summed E-state index contributed by atoms with van der Waals surface area (Å²) in [6.07, 6.45) is 1.84. The number of aliphatic hydroxyl groups is 2. The minimum Gasteiger partial charge on any atom is -0.464 e. The van der Waals surface area contributed by atoms with Crippen LogP contribution in [0, 0.1) is 11.8 Å². The van der Waals surface area contributed by atoms with Crippen LogP contribution in [-0.2, 0) is 33.4 Å². The molecule has 0 amide bonds. The highest BCUT2D eigenvalue weighted by molar-refractivity contribution is 7.88. The number of carbonyl (C=O) groups is 1. The number of aromatic nitrogens is 2. The molecule has 0 radical (unpaired) electrons. The number of hydrazine groups is 1. The topological polar surface area (TPSA) is 249 Å².